The second-order valence-electron chi connectivity index (χ2n) is 9.78. The maximum Gasteiger partial charge on any atom is 0.244 e. The van der Waals surface area contributed by atoms with Crippen molar-refractivity contribution in [1.82, 2.24) is 9.71 Å². The van der Waals surface area contributed by atoms with Gasteiger partial charge in [0.15, 0.2) is 5.13 Å². The Hall–Kier alpha value is -1.53. The van der Waals surface area contributed by atoms with Gasteiger partial charge in [0.1, 0.15) is 10.6 Å². The summed E-state index contributed by atoms with van der Waals surface area (Å²) in [6, 6.07) is 5.00. The van der Waals surface area contributed by atoms with Crippen LogP contribution in [0.4, 0.5) is 5.13 Å². The van der Waals surface area contributed by atoms with Gasteiger partial charge in [-0.05, 0) is 76.1 Å². The fraction of sp³-hybridized carbons (Fsp3) is 0.625. The molecule has 2 saturated heterocycles. The Morgan fingerprint density at radius 1 is 1.17 bits per heavy atom. The maximum absolute atomic E-state index is 13.3. The number of hydrogen-bond donors (Lipinski definition) is 2. The number of nitrogens with zero attached hydrogens (tertiary/aromatic N) is 1. The number of methoxy groups -OCH3 is 1. The number of anilines is 1. The van der Waals surface area contributed by atoms with Gasteiger partial charge in [-0.3, -0.25) is 4.21 Å². The highest BCUT2D eigenvalue weighted by Gasteiger charge is 2.32. The van der Waals surface area contributed by atoms with Crippen LogP contribution in [0.15, 0.2) is 23.1 Å². The number of thiazole rings is 1. The molecule has 2 aliphatic rings. The van der Waals surface area contributed by atoms with Crippen molar-refractivity contribution in [2.45, 2.75) is 62.9 Å². The average molecular weight is 542 g/mol. The number of aryl methyl sites for hydroxylation is 1. The van der Waals surface area contributed by atoms with Gasteiger partial charge >= 0.3 is 0 Å². The third kappa shape index (κ3) is 6.25. The molecule has 0 amide bonds. The van der Waals surface area contributed by atoms with Crippen LogP contribution in [0.1, 0.15) is 45.2 Å². The van der Waals surface area contributed by atoms with Crippen molar-refractivity contribution >= 4 is 37.3 Å². The summed E-state index contributed by atoms with van der Waals surface area (Å²) < 4.78 is 52.0. The highest BCUT2D eigenvalue weighted by Crippen LogP contribution is 2.39. The molecule has 2 aromatic rings. The van der Waals surface area contributed by atoms with Gasteiger partial charge in [-0.1, -0.05) is 11.3 Å². The summed E-state index contributed by atoms with van der Waals surface area (Å²) in [6.45, 7) is 7.91. The molecule has 8 nitrogen and oxygen atoms in total. The number of sulfonamides is 1. The lowest BCUT2D eigenvalue weighted by molar-refractivity contribution is 0.0491. The highest BCUT2D eigenvalue weighted by molar-refractivity contribution is 7.89. The van der Waals surface area contributed by atoms with Crippen LogP contribution in [0.2, 0.25) is 0 Å². The van der Waals surface area contributed by atoms with Gasteiger partial charge in [-0.25, -0.2) is 18.1 Å². The first-order chi connectivity index (χ1) is 16.6. The zero-order valence-electron chi connectivity index (χ0n) is 20.8. The molecule has 35 heavy (non-hydrogen) atoms. The Bertz CT molecular complexity index is 1160. The summed E-state index contributed by atoms with van der Waals surface area (Å²) in [5, 5.41) is 4.44. The van der Waals surface area contributed by atoms with E-state index in [0.717, 1.165) is 47.3 Å². The van der Waals surface area contributed by atoms with Crippen LogP contribution in [-0.4, -0.2) is 61.0 Å². The monoisotopic (exact) mass is 541 g/mol. The van der Waals surface area contributed by atoms with Gasteiger partial charge < -0.3 is 14.8 Å². The molecule has 4 rings (SSSR count). The topological polar surface area (TPSA) is 107 Å². The van der Waals surface area contributed by atoms with E-state index in [1.807, 2.05) is 13.0 Å². The predicted octanol–water partition coefficient (Wildman–Crippen LogP) is 3.93. The first kappa shape index (κ1) is 26.5. The van der Waals surface area contributed by atoms with Crippen LogP contribution < -0.4 is 14.8 Å². The van der Waals surface area contributed by atoms with E-state index in [-0.39, 0.29) is 16.5 Å². The number of hydrogen-bond acceptors (Lipinski definition) is 8. The molecule has 0 radical (unpaired) electrons. The zero-order chi connectivity index (χ0) is 25.2. The van der Waals surface area contributed by atoms with Crippen molar-refractivity contribution in [1.29, 1.82) is 0 Å². The average Bonchev–Trinajstić information content (AvgIpc) is 3.19. The Labute approximate surface area is 214 Å². The van der Waals surface area contributed by atoms with Gasteiger partial charge in [0.2, 0.25) is 10.0 Å². The van der Waals surface area contributed by atoms with E-state index in [9.17, 15) is 12.6 Å². The summed E-state index contributed by atoms with van der Waals surface area (Å²) >= 11 is 1.53. The molecule has 2 fully saturated rings. The second kappa shape index (κ2) is 10.8. The Morgan fingerprint density at radius 2 is 1.86 bits per heavy atom. The van der Waals surface area contributed by atoms with E-state index < -0.39 is 20.8 Å². The largest absolute Gasteiger partial charge is 0.495 e. The smallest absolute Gasteiger partial charge is 0.244 e. The molecule has 0 saturated carbocycles. The molecule has 0 atom stereocenters. The zero-order valence-corrected chi connectivity index (χ0v) is 23.2. The molecule has 2 N–H and O–H groups in total. The lowest BCUT2D eigenvalue weighted by atomic mass is 9.82. The van der Waals surface area contributed by atoms with Gasteiger partial charge in [0, 0.05) is 47.1 Å². The number of rotatable bonds is 8. The van der Waals surface area contributed by atoms with E-state index in [2.05, 4.69) is 23.9 Å². The fourth-order valence-corrected chi connectivity index (χ4v) is 8.66. The number of aromatic nitrogens is 1. The Kier molecular flexibility index (Phi) is 8.22. The second-order valence-corrected chi connectivity index (χ2v) is 14.2. The molecular formula is C24H35N3O5S3. The van der Waals surface area contributed by atoms with Crippen LogP contribution in [0, 0.1) is 12.8 Å². The van der Waals surface area contributed by atoms with Crippen LogP contribution in [-0.2, 0) is 25.6 Å². The molecule has 2 aliphatic heterocycles. The third-order valence-electron chi connectivity index (χ3n) is 6.89. The Morgan fingerprint density at radius 3 is 2.51 bits per heavy atom. The minimum Gasteiger partial charge on any atom is -0.495 e. The molecule has 1 aromatic heterocycles. The molecular weight excluding hydrogens is 506 g/mol. The van der Waals surface area contributed by atoms with E-state index in [4.69, 9.17) is 14.5 Å². The van der Waals surface area contributed by atoms with E-state index in [0.29, 0.717) is 36.0 Å². The minimum atomic E-state index is -3.82. The van der Waals surface area contributed by atoms with Crippen LogP contribution in [0.25, 0.3) is 10.4 Å². The first-order valence-electron chi connectivity index (χ1n) is 12.0. The summed E-state index contributed by atoms with van der Waals surface area (Å²) in [7, 11) is -3.20. The summed E-state index contributed by atoms with van der Waals surface area (Å²) in [6.07, 6.45) is 3.17. The molecule has 0 bridgehead atoms. The summed E-state index contributed by atoms with van der Waals surface area (Å²) in [5.41, 5.74) is 1.49. The molecule has 1 aromatic carbocycles. The van der Waals surface area contributed by atoms with E-state index in [1.54, 1.807) is 12.1 Å². The van der Waals surface area contributed by atoms with E-state index >= 15 is 0 Å². The molecule has 194 valence electrons. The third-order valence-corrected chi connectivity index (χ3v) is 10.9. The van der Waals surface area contributed by atoms with Crippen LogP contribution in [0.5, 0.6) is 5.75 Å². The summed E-state index contributed by atoms with van der Waals surface area (Å²) in [5.74, 6) is 1.82. The summed E-state index contributed by atoms with van der Waals surface area (Å²) in [4.78, 5) is 5.78. The molecule has 0 aliphatic carbocycles. The molecule has 0 unspecified atom stereocenters. The Balaban J connectivity index is 1.58. The van der Waals surface area contributed by atoms with Crippen molar-refractivity contribution in [2.24, 2.45) is 5.92 Å². The molecule has 3 heterocycles. The predicted molar refractivity (Wildman–Crippen MR) is 141 cm³/mol. The van der Waals surface area contributed by atoms with Gasteiger partial charge in [-0.2, -0.15) is 0 Å². The van der Waals surface area contributed by atoms with E-state index in [1.165, 1.54) is 18.4 Å². The standard InChI is InChI=1S/C24H35N3O5S3/c1-16-22(33-23(25-16)26-24(2,3)18-7-11-32-12-8-18)17-5-6-20(31-4)21(15-17)35(29,30)27-19-9-13-34(28)14-10-19/h5-6,15,18-19,27H,7-14H2,1-4H3,(H,25,26). The first-order valence-corrected chi connectivity index (χ1v) is 15.8. The maximum atomic E-state index is 13.3. The fourth-order valence-electron chi connectivity index (χ4n) is 4.74. The molecule has 11 heteroatoms. The minimum absolute atomic E-state index is 0.106. The van der Waals surface area contributed by atoms with Crippen molar-refractivity contribution in [3.8, 4) is 16.2 Å². The van der Waals surface area contributed by atoms with Gasteiger partial charge in [-0.15, -0.1) is 0 Å². The lowest BCUT2D eigenvalue weighted by Gasteiger charge is -2.37. The van der Waals surface area contributed by atoms with Crippen molar-refractivity contribution in [3.05, 3.63) is 23.9 Å². The lowest BCUT2D eigenvalue weighted by Crippen LogP contribution is -2.42. The van der Waals surface area contributed by atoms with Gasteiger partial charge in [0.05, 0.1) is 17.7 Å². The highest BCUT2D eigenvalue weighted by atomic mass is 32.2. The van der Waals surface area contributed by atoms with Crippen molar-refractivity contribution in [2.75, 3.05) is 37.1 Å². The SMILES string of the molecule is COc1ccc(-c2sc(NC(C)(C)C3CCOCC3)nc2C)cc1S(=O)(=O)NC1CCS(=O)CC1. The number of ether oxygens (including phenoxy) is 2. The van der Waals surface area contributed by atoms with Crippen LogP contribution in [0.3, 0.4) is 0 Å². The van der Waals surface area contributed by atoms with Gasteiger partial charge in [0.25, 0.3) is 0 Å². The number of benzene rings is 1. The normalized spacial score (nSPS) is 22.2. The molecule has 0 spiro atoms. The quantitative estimate of drug-likeness (QED) is 0.521. The number of nitrogens with one attached hydrogen (secondary N) is 2. The van der Waals surface area contributed by atoms with Crippen LogP contribution >= 0.6 is 11.3 Å². The van der Waals surface area contributed by atoms with Crippen molar-refractivity contribution in [3.63, 3.8) is 0 Å². The van der Waals surface area contributed by atoms with Crippen molar-refractivity contribution < 1.29 is 22.1 Å².